The van der Waals surface area contributed by atoms with E-state index in [1.807, 2.05) is 24.3 Å². The molecule has 152 valence electrons. The predicted molar refractivity (Wildman–Crippen MR) is 114 cm³/mol. The highest BCUT2D eigenvalue weighted by Crippen LogP contribution is 2.27. The summed E-state index contributed by atoms with van der Waals surface area (Å²) in [6.45, 7) is 3.94. The van der Waals surface area contributed by atoms with Gasteiger partial charge in [-0.3, -0.25) is 14.5 Å². The topological polar surface area (TPSA) is 61.4 Å². The van der Waals surface area contributed by atoms with E-state index in [-0.39, 0.29) is 17.7 Å². The Morgan fingerprint density at radius 2 is 1.76 bits per heavy atom. The molecule has 5 nitrogen and oxygen atoms in total. The van der Waals surface area contributed by atoms with Crippen molar-refractivity contribution in [1.29, 1.82) is 0 Å². The molecule has 0 saturated carbocycles. The lowest BCUT2D eigenvalue weighted by Gasteiger charge is -2.24. The van der Waals surface area contributed by atoms with Crippen molar-refractivity contribution < 1.29 is 9.59 Å². The average Bonchev–Trinajstić information content (AvgIpc) is 3.25. The molecule has 4 rings (SSSR count). The van der Waals surface area contributed by atoms with E-state index < -0.39 is 0 Å². The van der Waals surface area contributed by atoms with Crippen molar-refractivity contribution in [2.75, 3.05) is 18.4 Å². The van der Waals surface area contributed by atoms with E-state index in [1.165, 1.54) is 31.5 Å². The van der Waals surface area contributed by atoms with E-state index in [9.17, 15) is 9.59 Å². The van der Waals surface area contributed by atoms with Crippen molar-refractivity contribution >= 4 is 17.5 Å². The number of amides is 2. The van der Waals surface area contributed by atoms with Crippen LogP contribution < -0.4 is 10.6 Å². The van der Waals surface area contributed by atoms with Gasteiger partial charge in [-0.1, -0.05) is 42.5 Å². The second-order valence-corrected chi connectivity index (χ2v) is 8.16. The molecule has 0 aromatic heterocycles. The maximum absolute atomic E-state index is 12.3. The minimum Gasteiger partial charge on any atom is -0.352 e. The first-order valence-corrected chi connectivity index (χ1v) is 10.6. The van der Waals surface area contributed by atoms with Crippen molar-refractivity contribution in [3.8, 4) is 0 Å². The molecular formula is C24H29N3O2. The molecule has 2 amide bonds. The number of likely N-dealkylation sites (tertiary alicyclic amines) is 1. The Morgan fingerprint density at radius 3 is 2.55 bits per heavy atom. The Kier molecular flexibility index (Phi) is 6.25. The molecular weight excluding hydrogens is 362 g/mol. The van der Waals surface area contributed by atoms with E-state index >= 15 is 0 Å². The minimum atomic E-state index is -0.138. The zero-order chi connectivity index (χ0) is 20.1. The van der Waals surface area contributed by atoms with Gasteiger partial charge in [-0.05, 0) is 61.5 Å². The molecule has 1 fully saturated rings. The summed E-state index contributed by atoms with van der Waals surface area (Å²) >= 11 is 0. The molecule has 0 spiro atoms. The number of carbonyl (C=O) groups excluding carboxylic acids is 2. The highest BCUT2D eigenvalue weighted by Gasteiger charge is 2.26. The minimum absolute atomic E-state index is 0.00204. The Bertz CT molecular complexity index is 857. The smallest absolute Gasteiger partial charge is 0.227 e. The number of benzene rings is 2. The standard InChI is InChI=1S/C24H29N3O2/c28-23(12-11-21-15-20-5-1-2-6-22(20)26-24(21)29)25-16-18-7-9-19(10-8-18)17-27-13-3-4-14-27/h1-2,5-10,21H,3-4,11-17H2,(H,25,28)(H,26,29). The van der Waals surface area contributed by atoms with Gasteiger partial charge in [-0.15, -0.1) is 0 Å². The van der Waals surface area contributed by atoms with Crippen LogP contribution in [0.1, 0.15) is 42.4 Å². The quantitative estimate of drug-likeness (QED) is 0.760. The van der Waals surface area contributed by atoms with Gasteiger partial charge in [0.15, 0.2) is 0 Å². The van der Waals surface area contributed by atoms with E-state index in [4.69, 9.17) is 0 Å². The molecule has 2 aromatic carbocycles. The lowest BCUT2D eigenvalue weighted by molar-refractivity contribution is -0.122. The Hall–Kier alpha value is -2.66. The first-order chi connectivity index (χ1) is 14.2. The number of para-hydroxylation sites is 1. The number of nitrogens with zero attached hydrogens (tertiary/aromatic N) is 1. The number of rotatable bonds is 7. The number of nitrogens with one attached hydrogen (secondary N) is 2. The van der Waals surface area contributed by atoms with Gasteiger partial charge in [0, 0.05) is 31.1 Å². The molecule has 1 unspecified atom stereocenters. The largest absolute Gasteiger partial charge is 0.352 e. The molecule has 2 heterocycles. The van der Waals surface area contributed by atoms with Crippen LogP contribution in [0.15, 0.2) is 48.5 Å². The SMILES string of the molecule is O=C(CCC1Cc2ccccc2NC1=O)NCc1ccc(CN2CCCC2)cc1. The first-order valence-electron chi connectivity index (χ1n) is 10.6. The van der Waals surface area contributed by atoms with Gasteiger partial charge in [-0.2, -0.15) is 0 Å². The van der Waals surface area contributed by atoms with Crippen LogP contribution in [0.2, 0.25) is 0 Å². The van der Waals surface area contributed by atoms with Crippen LogP contribution in [-0.4, -0.2) is 29.8 Å². The predicted octanol–water partition coefficient (Wildman–Crippen LogP) is 3.49. The highest BCUT2D eigenvalue weighted by atomic mass is 16.2. The van der Waals surface area contributed by atoms with Gasteiger partial charge in [0.2, 0.25) is 11.8 Å². The Balaban J connectivity index is 1.20. The molecule has 29 heavy (non-hydrogen) atoms. The van der Waals surface area contributed by atoms with Crippen molar-refractivity contribution in [2.24, 2.45) is 5.92 Å². The Morgan fingerprint density at radius 1 is 1.03 bits per heavy atom. The molecule has 2 N–H and O–H groups in total. The summed E-state index contributed by atoms with van der Waals surface area (Å²) in [7, 11) is 0. The van der Waals surface area contributed by atoms with Gasteiger partial charge in [0.25, 0.3) is 0 Å². The van der Waals surface area contributed by atoms with Gasteiger partial charge in [0.05, 0.1) is 0 Å². The lowest BCUT2D eigenvalue weighted by atomic mass is 9.89. The lowest BCUT2D eigenvalue weighted by Crippen LogP contribution is -2.31. The average molecular weight is 392 g/mol. The van der Waals surface area contributed by atoms with Crippen molar-refractivity contribution in [2.45, 2.75) is 45.2 Å². The molecule has 0 bridgehead atoms. The summed E-state index contributed by atoms with van der Waals surface area (Å²) in [6, 6.07) is 16.4. The fourth-order valence-corrected chi connectivity index (χ4v) is 4.20. The molecule has 1 saturated heterocycles. The normalized spacial score (nSPS) is 18.9. The first kappa shape index (κ1) is 19.6. The monoisotopic (exact) mass is 391 g/mol. The van der Waals surface area contributed by atoms with Crippen molar-refractivity contribution in [3.05, 3.63) is 65.2 Å². The van der Waals surface area contributed by atoms with E-state index in [1.54, 1.807) is 0 Å². The summed E-state index contributed by atoms with van der Waals surface area (Å²) in [5.74, 6) is -0.122. The number of fused-ring (bicyclic) bond motifs is 1. The van der Waals surface area contributed by atoms with Gasteiger partial charge in [-0.25, -0.2) is 0 Å². The number of hydrogen-bond acceptors (Lipinski definition) is 3. The van der Waals surface area contributed by atoms with Crippen LogP contribution in [0.4, 0.5) is 5.69 Å². The van der Waals surface area contributed by atoms with Crippen LogP contribution in [0.5, 0.6) is 0 Å². The van der Waals surface area contributed by atoms with E-state index in [0.717, 1.165) is 23.4 Å². The number of carbonyl (C=O) groups is 2. The Labute approximate surface area is 172 Å². The fraction of sp³-hybridized carbons (Fsp3) is 0.417. The zero-order valence-electron chi connectivity index (χ0n) is 16.8. The van der Waals surface area contributed by atoms with E-state index in [0.29, 0.717) is 25.8 Å². The zero-order valence-corrected chi connectivity index (χ0v) is 16.8. The summed E-state index contributed by atoms with van der Waals surface area (Å²) in [4.78, 5) is 27.0. The van der Waals surface area contributed by atoms with Crippen molar-refractivity contribution in [3.63, 3.8) is 0 Å². The van der Waals surface area contributed by atoms with Crippen LogP contribution >= 0.6 is 0 Å². The second-order valence-electron chi connectivity index (χ2n) is 8.16. The molecule has 1 atom stereocenters. The van der Waals surface area contributed by atoms with Gasteiger partial charge in [0.1, 0.15) is 0 Å². The summed E-state index contributed by atoms with van der Waals surface area (Å²) in [6.07, 6.45) is 4.25. The van der Waals surface area contributed by atoms with E-state index in [2.05, 4.69) is 39.8 Å². The third-order valence-electron chi connectivity index (χ3n) is 5.95. The maximum atomic E-state index is 12.3. The molecule has 0 radical (unpaired) electrons. The molecule has 2 aliphatic heterocycles. The highest BCUT2D eigenvalue weighted by molar-refractivity contribution is 5.96. The third-order valence-corrected chi connectivity index (χ3v) is 5.95. The van der Waals surface area contributed by atoms with Gasteiger partial charge >= 0.3 is 0 Å². The van der Waals surface area contributed by atoms with Crippen LogP contribution in [0.25, 0.3) is 0 Å². The van der Waals surface area contributed by atoms with Crippen LogP contribution in [-0.2, 0) is 29.1 Å². The van der Waals surface area contributed by atoms with Crippen LogP contribution in [0, 0.1) is 5.92 Å². The molecule has 5 heteroatoms. The fourth-order valence-electron chi connectivity index (χ4n) is 4.20. The number of hydrogen-bond donors (Lipinski definition) is 2. The van der Waals surface area contributed by atoms with Gasteiger partial charge < -0.3 is 10.6 Å². The summed E-state index contributed by atoms with van der Waals surface area (Å²) in [5, 5.41) is 5.93. The second kappa shape index (κ2) is 9.23. The molecule has 2 aliphatic rings. The third kappa shape index (κ3) is 5.24. The molecule has 0 aliphatic carbocycles. The van der Waals surface area contributed by atoms with Crippen molar-refractivity contribution in [1.82, 2.24) is 10.2 Å². The summed E-state index contributed by atoms with van der Waals surface area (Å²) < 4.78 is 0. The number of anilines is 1. The maximum Gasteiger partial charge on any atom is 0.227 e. The van der Waals surface area contributed by atoms with Crippen LogP contribution in [0.3, 0.4) is 0 Å². The molecule has 2 aromatic rings. The summed E-state index contributed by atoms with van der Waals surface area (Å²) in [5.41, 5.74) is 4.47.